The number of hydrogen-bond acceptors (Lipinski definition) is 17. The highest BCUT2D eigenvalue weighted by atomic mass is 19.3. The number of likely N-dealkylation sites (tertiary alicyclic amines) is 2. The summed E-state index contributed by atoms with van der Waals surface area (Å²) in [4.78, 5) is 57.9. The number of nitrogens with one attached hydrogen (secondary N) is 2. The standard InChI is InChI=1S/C27H30N4O2.C26H26F2N4O2.C26H27N5O2.C25H28N4O2/c1-20-8-9-21(2)29(20)14-15-31-26-11-10-24(16-23(26)18-28-31)30-13-12-25(17-27(30)32)33-19-22-6-4-3-5-7-22;27-26(28)9-12-30(13-10-26)14-15-32-24-7-6-22(16-21(24)18-29-32)31-11-8-23(17-25(31)33)34-19-20-4-2-1-3-5-20;1-20-18-29(12-10-27-20)13-14-31-25-8-7-23(15-22(25)17-28-31)30-11-9-24(16-26(30)32)33-19-21-5-3-2-4-6-21;1-19(2)16-26-11-13-29-24-9-8-22(14-21(24)17-27-29)28-12-10-23(15-25(28)30)31-18-20-6-4-3-5-7-20/h3-7,10-13,16-18,20-21H,8-9,14-15,19H2,1-2H3;1-8,11,16-18H,9-10,12-15,19H2;2-9,11,15-17,27H,1,10,12-14,18-19H2;3-10,12,14-15,17,19,26H,11,13,16,18H2,1-2H3/t20-,21-;;;/m1.../s1. The third-order valence-electron chi connectivity index (χ3n) is 24.0. The molecule has 0 unspecified atom stereocenters. The van der Waals surface area contributed by atoms with Crippen molar-refractivity contribution < 1.29 is 27.7 Å². The normalized spacial score (nSPS) is 15.2. The highest BCUT2D eigenvalue weighted by Crippen LogP contribution is 2.30. The number of fused-ring (bicyclic) bond motifs is 4. The summed E-state index contributed by atoms with van der Waals surface area (Å²) in [7, 11) is 0. The molecule has 0 radical (unpaired) electrons. The van der Waals surface area contributed by atoms with Crippen molar-refractivity contribution in [2.45, 2.75) is 124 Å². The Bertz CT molecular complexity index is 6750. The molecular formula is C104H111F2N17O8. The maximum Gasteiger partial charge on any atom is 0.258 e. The Labute approximate surface area is 759 Å². The fraction of sp³-hybridized carbons (Fsp3) is 0.288. The van der Waals surface area contributed by atoms with Crippen LogP contribution in [0.15, 0.2) is 324 Å². The first-order valence-electron chi connectivity index (χ1n) is 44.9. The number of piperidine rings is 1. The van der Waals surface area contributed by atoms with Crippen molar-refractivity contribution in [3.05, 3.63) is 368 Å². The van der Waals surface area contributed by atoms with Gasteiger partial charge in [0.2, 0.25) is 0 Å². The highest BCUT2D eigenvalue weighted by molar-refractivity contribution is 5.83. The summed E-state index contributed by atoms with van der Waals surface area (Å²) in [5, 5.41) is 28.8. The lowest BCUT2D eigenvalue weighted by Gasteiger charge is -2.31. The number of halogens is 2. The number of nitrogens with zero attached hydrogens (tertiary/aromatic N) is 15. The zero-order valence-electron chi connectivity index (χ0n) is 74.4. The van der Waals surface area contributed by atoms with E-state index in [1.54, 1.807) is 55.3 Å². The summed E-state index contributed by atoms with van der Waals surface area (Å²) >= 11 is 0. The molecule has 3 aliphatic heterocycles. The molecule has 0 amide bonds. The smallest absolute Gasteiger partial charge is 0.258 e. The molecular weight excluding hydrogens is 1650 g/mol. The van der Waals surface area contributed by atoms with E-state index in [4.69, 9.17) is 18.9 Å². The molecule has 19 rings (SSSR count). The zero-order chi connectivity index (χ0) is 90.6. The maximum atomic E-state index is 13.4. The minimum atomic E-state index is -2.53. The second kappa shape index (κ2) is 42.9. The Morgan fingerprint density at radius 3 is 1.05 bits per heavy atom. The zero-order valence-corrected chi connectivity index (χ0v) is 74.4. The van der Waals surface area contributed by atoms with Crippen LogP contribution in [-0.2, 0) is 52.6 Å². The molecule has 131 heavy (non-hydrogen) atoms. The maximum absolute atomic E-state index is 13.4. The van der Waals surface area contributed by atoms with Gasteiger partial charge in [-0.3, -0.25) is 66.0 Å². The first-order valence-corrected chi connectivity index (χ1v) is 44.9. The third-order valence-corrected chi connectivity index (χ3v) is 24.0. The molecule has 0 saturated carbocycles. The van der Waals surface area contributed by atoms with Crippen LogP contribution < -0.4 is 51.8 Å². The van der Waals surface area contributed by atoms with E-state index < -0.39 is 5.92 Å². The molecule has 3 saturated heterocycles. The number of benzene rings is 8. The van der Waals surface area contributed by atoms with E-state index in [1.165, 1.54) is 37.1 Å². The van der Waals surface area contributed by atoms with Gasteiger partial charge in [0.1, 0.15) is 49.4 Å². The van der Waals surface area contributed by atoms with Gasteiger partial charge in [0.25, 0.3) is 28.2 Å². The van der Waals surface area contributed by atoms with E-state index in [0.29, 0.717) is 93.6 Å². The van der Waals surface area contributed by atoms with Crippen molar-refractivity contribution >= 4 is 43.6 Å². The van der Waals surface area contributed by atoms with E-state index in [2.05, 4.69) is 90.8 Å². The third kappa shape index (κ3) is 23.9. The number of rotatable bonds is 30. The molecule has 3 fully saturated rings. The van der Waals surface area contributed by atoms with Crippen LogP contribution in [0.5, 0.6) is 23.0 Å². The summed E-state index contributed by atoms with van der Waals surface area (Å²) in [5.41, 5.74) is 12.1. The second-order valence-electron chi connectivity index (χ2n) is 33.9. The summed E-state index contributed by atoms with van der Waals surface area (Å²) < 4.78 is 64.2. The lowest BCUT2D eigenvalue weighted by molar-refractivity contribution is -0.0555. The molecule has 674 valence electrons. The molecule has 25 nitrogen and oxygen atoms in total. The lowest BCUT2D eigenvalue weighted by Crippen LogP contribution is -2.42. The average Bonchev–Trinajstić information content (AvgIpc) is 1.72. The van der Waals surface area contributed by atoms with Crippen LogP contribution in [0.3, 0.4) is 0 Å². The molecule has 8 aromatic carbocycles. The van der Waals surface area contributed by atoms with Crippen LogP contribution in [0.1, 0.15) is 75.6 Å². The number of hydrogen-bond donors (Lipinski definition) is 2. The number of aromatic nitrogens is 12. The molecule has 27 heteroatoms. The summed E-state index contributed by atoms with van der Waals surface area (Å²) in [6.07, 6.45) is 16.7. The summed E-state index contributed by atoms with van der Waals surface area (Å²) in [6, 6.07) is 77.9. The molecule has 0 aliphatic carbocycles. The summed E-state index contributed by atoms with van der Waals surface area (Å²) in [5.74, 6) is 0.312. The Balaban J connectivity index is 0.000000128. The van der Waals surface area contributed by atoms with Gasteiger partial charge in [0, 0.05) is 183 Å². The number of alkyl halides is 2. The molecule has 2 atom stereocenters. The number of pyridine rings is 4. The largest absolute Gasteiger partial charge is 0.489 e. The van der Waals surface area contributed by atoms with Crippen molar-refractivity contribution in [1.82, 2.24) is 82.7 Å². The van der Waals surface area contributed by atoms with Crippen LogP contribution in [0.2, 0.25) is 0 Å². The van der Waals surface area contributed by atoms with Crippen LogP contribution in [0.4, 0.5) is 8.78 Å². The molecule has 16 aromatic rings. The van der Waals surface area contributed by atoms with E-state index in [0.717, 1.165) is 160 Å². The van der Waals surface area contributed by atoms with Gasteiger partial charge in [0.15, 0.2) is 0 Å². The monoisotopic (exact) mass is 1760 g/mol. The Morgan fingerprint density at radius 2 is 0.725 bits per heavy atom. The average molecular weight is 1770 g/mol. The van der Waals surface area contributed by atoms with Crippen molar-refractivity contribution in [2.24, 2.45) is 5.92 Å². The molecule has 0 spiro atoms. The molecule has 3 aliphatic rings. The van der Waals surface area contributed by atoms with Gasteiger partial charge in [-0.25, -0.2) is 8.78 Å². The van der Waals surface area contributed by atoms with Crippen molar-refractivity contribution in [1.29, 1.82) is 0 Å². The van der Waals surface area contributed by atoms with E-state index in [9.17, 15) is 28.0 Å². The molecule has 11 heterocycles. The highest BCUT2D eigenvalue weighted by Gasteiger charge is 2.34. The summed E-state index contributed by atoms with van der Waals surface area (Å²) in [6.45, 7) is 26.0. The second-order valence-corrected chi connectivity index (χ2v) is 33.9. The van der Waals surface area contributed by atoms with Crippen LogP contribution in [0, 0.1) is 5.92 Å². The van der Waals surface area contributed by atoms with E-state index in [1.807, 2.05) is 239 Å². The molecule has 0 bridgehead atoms. The van der Waals surface area contributed by atoms with Gasteiger partial charge in [-0.05, 0) is 158 Å². The SMILES string of the molecule is C=C1CN(CCn2ncc3cc(-n4ccc(OCc5ccccc5)cc4=O)ccc32)CCN1.CC(C)CNCCn1ncc2cc(-n3ccc(OCc4ccccc4)cc3=O)ccc21.C[C@@H]1CC[C@@H](C)N1CCn1ncc2cc(-n3ccc(OCc4ccccc4)cc3=O)ccc21.O=c1cc(OCc2ccccc2)ccn1-c1ccc2c(cnn2CCN2CCC(F)(F)CC2)c1. The number of piperazine rings is 1. The van der Waals surface area contributed by atoms with Gasteiger partial charge in [-0.2, -0.15) is 20.4 Å². The van der Waals surface area contributed by atoms with E-state index in [-0.39, 0.29) is 35.1 Å². The lowest BCUT2D eigenvalue weighted by atomic mass is 10.1. The Kier molecular flexibility index (Phi) is 29.5. The van der Waals surface area contributed by atoms with Gasteiger partial charge in [0.05, 0.1) is 73.0 Å². The minimum Gasteiger partial charge on any atom is -0.489 e. The van der Waals surface area contributed by atoms with Gasteiger partial charge in [-0.1, -0.05) is 142 Å². The van der Waals surface area contributed by atoms with Crippen LogP contribution in [0.25, 0.3) is 66.4 Å². The van der Waals surface area contributed by atoms with Crippen molar-refractivity contribution in [3.63, 3.8) is 0 Å². The van der Waals surface area contributed by atoms with Crippen molar-refractivity contribution in [3.8, 4) is 45.7 Å². The van der Waals surface area contributed by atoms with Gasteiger partial charge < -0.3 is 34.5 Å². The van der Waals surface area contributed by atoms with Crippen LogP contribution in [-0.4, -0.2) is 156 Å². The van der Waals surface area contributed by atoms with Crippen LogP contribution >= 0.6 is 0 Å². The first kappa shape index (κ1) is 90.2. The Hall–Kier alpha value is -14.1. The predicted octanol–water partition coefficient (Wildman–Crippen LogP) is 16.3. The predicted molar refractivity (Wildman–Crippen MR) is 511 cm³/mol. The first-order chi connectivity index (χ1) is 63.8. The minimum absolute atomic E-state index is 0.0823. The Morgan fingerprint density at radius 1 is 0.405 bits per heavy atom. The fourth-order valence-electron chi connectivity index (χ4n) is 16.7. The topological polar surface area (TPSA) is 230 Å². The van der Waals surface area contributed by atoms with Crippen molar-refractivity contribution in [2.75, 3.05) is 65.4 Å². The van der Waals surface area contributed by atoms with E-state index >= 15 is 0 Å². The molecule has 2 N–H and O–H groups in total. The van der Waals surface area contributed by atoms with Gasteiger partial charge in [-0.15, -0.1) is 0 Å². The molecule has 8 aromatic heterocycles. The fourth-order valence-corrected chi connectivity index (χ4v) is 16.7. The van der Waals surface area contributed by atoms with Gasteiger partial charge >= 0.3 is 0 Å². The number of ether oxygens (including phenoxy) is 4. The quantitative estimate of drug-likeness (QED) is 0.0399.